The minimum Gasteiger partial charge on any atom is -0.497 e. The lowest BCUT2D eigenvalue weighted by molar-refractivity contribution is 0.0977. The summed E-state index contributed by atoms with van der Waals surface area (Å²) in [7, 11) is 1.62. The number of carbonyl (C=O) groups excluding carboxylic acids is 1. The summed E-state index contributed by atoms with van der Waals surface area (Å²) in [6.07, 6.45) is 0.0656. The molecule has 0 saturated carbocycles. The SMILES string of the molecule is COc1ccc(-c2nc3cc(NC(=S)NC(=O)c4ccc(OC(C)C)cc4)ccc3o2)cc1. The van der Waals surface area contributed by atoms with E-state index in [0.717, 1.165) is 11.3 Å². The molecule has 0 spiro atoms. The van der Waals surface area contributed by atoms with Crippen molar-refractivity contribution < 1.29 is 18.7 Å². The van der Waals surface area contributed by atoms with Crippen molar-refractivity contribution in [1.29, 1.82) is 0 Å². The molecule has 4 aromatic rings. The Kier molecular flexibility index (Phi) is 6.55. The van der Waals surface area contributed by atoms with Crippen LogP contribution in [0.4, 0.5) is 5.69 Å². The molecular formula is C25H23N3O4S. The smallest absolute Gasteiger partial charge is 0.257 e. The van der Waals surface area contributed by atoms with E-state index in [-0.39, 0.29) is 17.1 Å². The number of nitrogens with zero attached hydrogens (tertiary/aromatic N) is 1. The van der Waals surface area contributed by atoms with Gasteiger partial charge in [0.2, 0.25) is 5.89 Å². The molecule has 4 rings (SSSR count). The van der Waals surface area contributed by atoms with Gasteiger partial charge >= 0.3 is 0 Å². The zero-order valence-corrected chi connectivity index (χ0v) is 19.2. The number of fused-ring (bicyclic) bond motifs is 1. The zero-order chi connectivity index (χ0) is 23.4. The van der Waals surface area contributed by atoms with Crippen molar-refractivity contribution in [3.8, 4) is 23.0 Å². The Morgan fingerprint density at radius 2 is 1.70 bits per heavy atom. The molecule has 0 unspecified atom stereocenters. The number of nitrogens with one attached hydrogen (secondary N) is 2. The molecule has 7 nitrogen and oxygen atoms in total. The first-order chi connectivity index (χ1) is 15.9. The van der Waals surface area contributed by atoms with Gasteiger partial charge in [0.15, 0.2) is 10.7 Å². The Labute approximate surface area is 196 Å². The van der Waals surface area contributed by atoms with Crippen LogP contribution in [-0.4, -0.2) is 29.2 Å². The van der Waals surface area contributed by atoms with Crippen molar-refractivity contribution in [2.75, 3.05) is 12.4 Å². The predicted molar refractivity (Wildman–Crippen MR) is 132 cm³/mol. The number of amides is 1. The minimum absolute atomic E-state index is 0.0656. The van der Waals surface area contributed by atoms with Crippen LogP contribution in [0, 0.1) is 0 Å². The van der Waals surface area contributed by atoms with Gasteiger partial charge in [-0.25, -0.2) is 4.98 Å². The van der Waals surface area contributed by atoms with Crippen LogP contribution in [0.2, 0.25) is 0 Å². The van der Waals surface area contributed by atoms with Crippen LogP contribution in [0.15, 0.2) is 71.1 Å². The lowest BCUT2D eigenvalue weighted by Gasteiger charge is -2.11. The average Bonchev–Trinajstić information content (AvgIpc) is 3.22. The van der Waals surface area contributed by atoms with E-state index in [2.05, 4.69) is 15.6 Å². The standard InChI is InChI=1S/C25H23N3O4S/c1-15(2)31-20-11-4-16(5-12-20)23(29)28-25(33)26-18-8-13-22-21(14-18)27-24(32-22)17-6-9-19(30-3)10-7-17/h4-15H,1-3H3,(H2,26,28,29,33). The van der Waals surface area contributed by atoms with Gasteiger partial charge in [-0.2, -0.15) is 0 Å². The number of hydrogen-bond donors (Lipinski definition) is 2. The molecule has 3 aromatic carbocycles. The molecule has 0 aliphatic heterocycles. The molecule has 0 aliphatic rings. The number of methoxy groups -OCH3 is 1. The van der Waals surface area contributed by atoms with Crippen molar-refractivity contribution in [2.24, 2.45) is 0 Å². The number of benzene rings is 3. The van der Waals surface area contributed by atoms with E-state index in [0.29, 0.717) is 34.0 Å². The van der Waals surface area contributed by atoms with Gasteiger partial charge in [-0.05, 0) is 92.8 Å². The summed E-state index contributed by atoms with van der Waals surface area (Å²) in [5.41, 5.74) is 3.31. The van der Waals surface area contributed by atoms with E-state index in [1.165, 1.54) is 0 Å². The summed E-state index contributed by atoms with van der Waals surface area (Å²) in [4.78, 5) is 17.0. The number of rotatable bonds is 6. The van der Waals surface area contributed by atoms with E-state index < -0.39 is 0 Å². The van der Waals surface area contributed by atoms with Crippen molar-refractivity contribution in [3.05, 3.63) is 72.3 Å². The number of oxazole rings is 1. The molecule has 0 atom stereocenters. The fourth-order valence-corrected chi connectivity index (χ4v) is 3.37. The van der Waals surface area contributed by atoms with Gasteiger partial charge in [-0.3, -0.25) is 10.1 Å². The zero-order valence-electron chi connectivity index (χ0n) is 18.4. The van der Waals surface area contributed by atoms with E-state index in [1.54, 1.807) is 37.4 Å². The number of hydrogen-bond acceptors (Lipinski definition) is 6. The van der Waals surface area contributed by atoms with E-state index in [9.17, 15) is 4.79 Å². The summed E-state index contributed by atoms with van der Waals surface area (Å²) >= 11 is 5.30. The Hall–Kier alpha value is -3.91. The second-order valence-corrected chi connectivity index (χ2v) is 7.94. The second-order valence-electron chi connectivity index (χ2n) is 7.53. The molecule has 8 heteroatoms. The number of aromatic nitrogens is 1. The molecule has 168 valence electrons. The minimum atomic E-state index is -0.312. The predicted octanol–water partition coefficient (Wildman–Crippen LogP) is 5.42. The Morgan fingerprint density at radius 3 is 2.36 bits per heavy atom. The maximum Gasteiger partial charge on any atom is 0.257 e. The third-order valence-electron chi connectivity index (χ3n) is 4.70. The Morgan fingerprint density at radius 1 is 1.00 bits per heavy atom. The van der Waals surface area contributed by atoms with Crippen LogP contribution in [0.5, 0.6) is 11.5 Å². The van der Waals surface area contributed by atoms with Crippen LogP contribution in [0.25, 0.3) is 22.6 Å². The van der Waals surface area contributed by atoms with Gasteiger partial charge in [0, 0.05) is 16.8 Å². The summed E-state index contributed by atoms with van der Waals surface area (Å²) in [6.45, 7) is 3.89. The van der Waals surface area contributed by atoms with Crippen molar-refractivity contribution in [3.63, 3.8) is 0 Å². The topological polar surface area (TPSA) is 85.6 Å². The van der Waals surface area contributed by atoms with Gasteiger partial charge in [-0.15, -0.1) is 0 Å². The lowest BCUT2D eigenvalue weighted by atomic mass is 10.2. The first-order valence-corrected chi connectivity index (χ1v) is 10.8. The molecule has 0 bridgehead atoms. The number of carbonyl (C=O) groups is 1. The van der Waals surface area contributed by atoms with Gasteiger partial charge in [-0.1, -0.05) is 0 Å². The maximum atomic E-state index is 12.5. The van der Waals surface area contributed by atoms with Crippen LogP contribution in [0.1, 0.15) is 24.2 Å². The molecule has 1 aromatic heterocycles. The molecule has 2 N–H and O–H groups in total. The van der Waals surface area contributed by atoms with Crippen molar-refractivity contribution >= 4 is 40.0 Å². The maximum absolute atomic E-state index is 12.5. The number of anilines is 1. The Balaban J connectivity index is 1.41. The van der Waals surface area contributed by atoms with E-state index in [4.69, 9.17) is 26.1 Å². The van der Waals surface area contributed by atoms with Crippen LogP contribution >= 0.6 is 12.2 Å². The van der Waals surface area contributed by atoms with Crippen LogP contribution < -0.4 is 20.1 Å². The quantitative estimate of drug-likeness (QED) is 0.371. The third kappa shape index (κ3) is 5.48. The fraction of sp³-hybridized carbons (Fsp3) is 0.160. The normalized spacial score (nSPS) is 10.8. The van der Waals surface area contributed by atoms with Gasteiger partial charge in [0.05, 0.1) is 13.2 Å². The summed E-state index contributed by atoms with van der Waals surface area (Å²) < 4.78 is 16.6. The molecule has 1 amide bonds. The average molecular weight is 462 g/mol. The molecular weight excluding hydrogens is 438 g/mol. The van der Waals surface area contributed by atoms with E-state index >= 15 is 0 Å². The highest BCUT2D eigenvalue weighted by atomic mass is 32.1. The highest BCUT2D eigenvalue weighted by Gasteiger charge is 2.12. The van der Waals surface area contributed by atoms with Gasteiger partial charge in [0.25, 0.3) is 5.91 Å². The number of thiocarbonyl (C=S) groups is 1. The monoisotopic (exact) mass is 461 g/mol. The molecule has 0 radical (unpaired) electrons. The first-order valence-electron chi connectivity index (χ1n) is 10.4. The lowest BCUT2D eigenvalue weighted by Crippen LogP contribution is -2.34. The highest BCUT2D eigenvalue weighted by molar-refractivity contribution is 7.80. The van der Waals surface area contributed by atoms with Crippen molar-refractivity contribution in [2.45, 2.75) is 20.0 Å². The van der Waals surface area contributed by atoms with E-state index in [1.807, 2.05) is 50.2 Å². The first kappa shape index (κ1) is 22.3. The molecule has 0 fully saturated rings. The van der Waals surface area contributed by atoms with Gasteiger partial charge < -0.3 is 19.2 Å². The highest BCUT2D eigenvalue weighted by Crippen LogP contribution is 2.27. The van der Waals surface area contributed by atoms with Gasteiger partial charge in [0.1, 0.15) is 17.0 Å². The fourth-order valence-electron chi connectivity index (χ4n) is 3.16. The second kappa shape index (κ2) is 9.70. The molecule has 0 aliphatic carbocycles. The summed E-state index contributed by atoms with van der Waals surface area (Å²) in [6, 6.07) is 19.8. The largest absolute Gasteiger partial charge is 0.497 e. The number of ether oxygens (including phenoxy) is 2. The van der Waals surface area contributed by atoms with Crippen LogP contribution in [-0.2, 0) is 0 Å². The molecule has 33 heavy (non-hydrogen) atoms. The van der Waals surface area contributed by atoms with Crippen LogP contribution in [0.3, 0.4) is 0 Å². The third-order valence-corrected chi connectivity index (χ3v) is 4.90. The summed E-state index contributed by atoms with van der Waals surface area (Å²) in [5.74, 6) is 1.66. The summed E-state index contributed by atoms with van der Waals surface area (Å²) in [5, 5.41) is 5.87. The van der Waals surface area contributed by atoms with Crippen molar-refractivity contribution in [1.82, 2.24) is 10.3 Å². The molecule has 0 saturated heterocycles. The Bertz CT molecular complexity index is 1280. The molecule has 1 heterocycles.